The molecule has 2 aromatic heterocycles. The van der Waals surface area contributed by atoms with Crippen LogP contribution in [0.25, 0.3) is 22.4 Å². The van der Waals surface area contributed by atoms with E-state index in [-0.39, 0.29) is 12.5 Å². The van der Waals surface area contributed by atoms with Crippen molar-refractivity contribution in [2.75, 3.05) is 0 Å². The molecule has 0 saturated carbocycles. The number of aliphatic carboxylic acids is 1. The fourth-order valence-electron chi connectivity index (χ4n) is 3.46. The lowest BCUT2D eigenvalue weighted by Gasteiger charge is -2.18. The summed E-state index contributed by atoms with van der Waals surface area (Å²) < 4.78 is 49.8. The standard InChI is InChI=1S/C24H21F3N2O4/c1-13-20(29-21(33-13)14-4-6-15(7-5-14)24(25,26)27)12-32-16-8-9-19-17(10-16)18(11-28-19)23(2,3)22(30)31/h4-11,28H,12H2,1-3H3,(H,30,31). The zero-order chi connectivity index (χ0) is 24.0. The Bertz CT molecular complexity index is 1320. The number of fused-ring (bicyclic) bond motifs is 1. The van der Waals surface area contributed by atoms with Gasteiger partial charge in [-0.3, -0.25) is 4.79 Å². The summed E-state index contributed by atoms with van der Waals surface area (Å²) in [5.41, 5.74) is 0.517. The van der Waals surface area contributed by atoms with E-state index in [1.807, 2.05) is 0 Å². The van der Waals surface area contributed by atoms with Crippen molar-refractivity contribution < 1.29 is 32.2 Å². The minimum atomic E-state index is -4.41. The van der Waals surface area contributed by atoms with Crippen LogP contribution in [-0.4, -0.2) is 21.0 Å². The first-order valence-corrected chi connectivity index (χ1v) is 10.1. The molecule has 0 unspecified atom stereocenters. The largest absolute Gasteiger partial charge is 0.487 e. The molecule has 0 saturated heterocycles. The molecule has 0 amide bonds. The monoisotopic (exact) mass is 458 g/mol. The van der Waals surface area contributed by atoms with E-state index in [2.05, 4.69) is 9.97 Å². The number of oxazole rings is 1. The van der Waals surface area contributed by atoms with Crippen molar-refractivity contribution in [3.8, 4) is 17.2 Å². The van der Waals surface area contributed by atoms with Crippen LogP contribution >= 0.6 is 0 Å². The maximum Gasteiger partial charge on any atom is 0.416 e. The third-order valence-electron chi connectivity index (χ3n) is 5.59. The molecule has 0 bridgehead atoms. The number of H-pyrrole nitrogens is 1. The molecule has 0 atom stereocenters. The molecule has 6 nitrogen and oxygen atoms in total. The van der Waals surface area contributed by atoms with Gasteiger partial charge in [0.05, 0.1) is 11.0 Å². The number of halogens is 3. The lowest BCUT2D eigenvalue weighted by Crippen LogP contribution is -2.28. The molecule has 0 aliphatic rings. The number of carboxylic acids is 1. The van der Waals surface area contributed by atoms with Crippen LogP contribution in [0.2, 0.25) is 0 Å². The molecule has 2 N–H and O–H groups in total. The van der Waals surface area contributed by atoms with Crippen LogP contribution in [0.4, 0.5) is 13.2 Å². The van der Waals surface area contributed by atoms with Crippen molar-refractivity contribution in [1.82, 2.24) is 9.97 Å². The predicted molar refractivity (Wildman–Crippen MR) is 115 cm³/mol. The number of rotatable bonds is 6. The molecule has 33 heavy (non-hydrogen) atoms. The van der Waals surface area contributed by atoms with E-state index >= 15 is 0 Å². The second-order valence-electron chi connectivity index (χ2n) is 8.23. The van der Waals surface area contributed by atoms with E-state index in [1.165, 1.54) is 12.1 Å². The van der Waals surface area contributed by atoms with Crippen LogP contribution in [0.1, 0.15) is 36.4 Å². The summed E-state index contributed by atoms with van der Waals surface area (Å²) in [5.74, 6) is 0.262. The molecule has 0 aliphatic heterocycles. The van der Waals surface area contributed by atoms with Crippen molar-refractivity contribution in [3.05, 3.63) is 71.2 Å². The van der Waals surface area contributed by atoms with Gasteiger partial charge in [0.2, 0.25) is 5.89 Å². The fraction of sp³-hybridized carbons (Fsp3) is 0.250. The van der Waals surface area contributed by atoms with Crippen molar-refractivity contribution in [2.24, 2.45) is 0 Å². The van der Waals surface area contributed by atoms with Gasteiger partial charge in [-0.1, -0.05) is 0 Å². The van der Waals surface area contributed by atoms with Crippen molar-refractivity contribution >= 4 is 16.9 Å². The van der Waals surface area contributed by atoms with Crippen molar-refractivity contribution in [3.63, 3.8) is 0 Å². The van der Waals surface area contributed by atoms with E-state index in [1.54, 1.807) is 45.2 Å². The Morgan fingerprint density at radius 2 is 1.85 bits per heavy atom. The molecule has 0 spiro atoms. The van der Waals surface area contributed by atoms with Crippen LogP contribution in [0.3, 0.4) is 0 Å². The number of aryl methyl sites for hydroxylation is 1. The Morgan fingerprint density at radius 1 is 1.15 bits per heavy atom. The molecule has 4 aromatic rings. The Labute approximate surface area is 187 Å². The van der Waals surface area contributed by atoms with Crippen LogP contribution in [0.5, 0.6) is 5.75 Å². The molecular weight excluding hydrogens is 437 g/mol. The molecule has 0 aliphatic carbocycles. The highest BCUT2D eigenvalue weighted by Crippen LogP contribution is 2.34. The average Bonchev–Trinajstić information content (AvgIpc) is 3.35. The molecule has 9 heteroatoms. The maximum atomic E-state index is 12.8. The van der Waals surface area contributed by atoms with Gasteiger partial charge in [0.25, 0.3) is 0 Å². The van der Waals surface area contributed by atoms with E-state index in [0.717, 1.165) is 23.0 Å². The van der Waals surface area contributed by atoms with Gasteiger partial charge in [-0.05, 0) is 68.8 Å². The number of ether oxygens (including phenoxy) is 1. The van der Waals surface area contributed by atoms with Gasteiger partial charge >= 0.3 is 12.1 Å². The number of nitrogens with zero attached hydrogens (tertiary/aromatic N) is 1. The Morgan fingerprint density at radius 3 is 2.48 bits per heavy atom. The molecule has 2 heterocycles. The molecule has 172 valence electrons. The summed E-state index contributed by atoms with van der Waals surface area (Å²) in [4.78, 5) is 19.1. The van der Waals surface area contributed by atoms with Gasteiger partial charge < -0.3 is 19.2 Å². The van der Waals surface area contributed by atoms with E-state index < -0.39 is 23.1 Å². The maximum absolute atomic E-state index is 12.8. The summed E-state index contributed by atoms with van der Waals surface area (Å²) in [6, 6.07) is 9.89. The van der Waals surface area contributed by atoms with Gasteiger partial charge in [-0.25, -0.2) is 4.98 Å². The van der Waals surface area contributed by atoms with E-state index in [9.17, 15) is 23.1 Å². The predicted octanol–water partition coefficient (Wildman–Crippen LogP) is 6.09. The zero-order valence-electron chi connectivity index (χ0n) is 18.1. The number of carbonyl (C=O) groups is 1. The number of carboxylic acid groups (broad SMARTS) is 1. The molecule has 4 rings (SSSR count). The van der Waals surface area contributed by atoms with Crippen LogP contribution in [0.15, 0.2) is 53.1 Å². The number of alkyl halides is 3. The Balaban J connectivity index is 1.54. The summed E-state index contributed by atoms with van der Waals surface area (Å²) in [6.45, 7) is 5.03. The molecule has 2 aromatic carbocycles. The fourth-order valence-corrected chi connectivity index (χ4v) is 3.46. The average molecular weight is 458 g/mol. The number of benzene rings is 2. The second kappa shape index (κ2) is 7.99. The quantitative estimate of drug-likeness (QED) is 0.365. The summed E-state index contributed by atoms with van der Waals surface area (Å²) >= 11 is 0. The zero-order valence-corrected chi connectivity index (χ0v) is 18.1. The lowest BCUT2D eigenvalue weighted by atomic mass is 9.84. The first kappa shape index (κ1) is 22.4. The number of aromatic amines is 1. The van der Waals surface area contributed by atoms with Crippen LogP contribution < -0.4 is 4.74 Å². The number of hydrogen-bond acceptors (Lipinski definition) is 4. The summed E-state index contributed by atoms with van der Waals surface area (Å²) in [7, 11) is 0. The van der Waals surface area contributed by atoms with E-state index in [4.69, 9.17) is 9.15 Å². The third kappa shape index (κ3) is 4.30. The number of nitrogens with one attached hydrogen (secondary N) is 1. The molecular formula is C24H21F3N2O4. The first-order valence-electron chi connectivity index (χ1n) is 10.1. The van der Waals surface area contributed by atoms with Crippen LogP contribution in [-0.2, 0) is 23.0 Å². The smallest absolute Gasteiger partial charge is 0.416 e. The third-order valence-corrected chi connectivity index (χ3v) is 5.59. The second-order valence-corrected chi connectivity index (χ2v) is 8.23. The van der Waals surface area contributed by atoms with Crippen LogP contribution in [0, 0.1) is 6.92 Å². The minimum Gasteiger partial charge on any atom is -0.487 e. The first-order chi connectivity index (χ1) is 15.5. The Kier molecular flexibility index (Phi) is 5.43. The minimum absolute atomic E-state index is 0.0730. The number of aromatic nitrogens is 2. The number of hydrogen-bond donors (Lipinski definition) is 2. The Hall–Kier alpha value is -3.75. The van der Waals surface area contributed by atoms with Gasteiger partial charge in [0.1, 0.15) is 23.8 Å². The highest BCUT2D eigenvalue weighted by molar-refractivity contribution is 5.92. The van der Waals surface area contributed by atoms with Gasteiger partial charge in [-0.15, -0.1) is 0 Å². The summed E-state index contributed by atoms with van der Waals surface area (Å²) in [5, 5.41) is 10.3. The summed E-state index contributed by atoms with van der Waals surface area (Å²) in [6.07, 6.45) is -2.73. The van der Waals surface area contributed by atoms with Gasteiger partial charge in [-0.2, -0.15) is 13.2 Å². The molecule has 0 radical (unpaired) electrons. The van der Waals surface area contributed by atoms with Crippen molar-refractivity contribution in [1.29, 1.82) is 0 Å². The SMILES string of the molecule is Cc1oc(-c2ccc(C(F)(F)F)cc2)nc1COc1ccc2[nH]cc(C(C)(C)C(=O)O)c2c1. The van der Waals surface area contributed by atoms with Crippen molar-refractivity contribution in [2.45, 2.75) is 39.0 Å². The van der Waals surface area contributed by atoms with Gasteiger partial charge in [0, 0.05) is 22.7 Å². The normalized spacial score (nSPS) is 12.3. The topological polar surface area (TPSA) is 88.4 Å². The van der Waals surface area contributed by atoms with E-state index in [0.29, 0.717) is 28.3 Å². The highest BCUT2D eigenvalue weighted by Gasteiger charge is 2.32. The molecule has 0 fully saturated rings. The highest BCUT2D eigenvalue weighted by atomic mass is 19.4. The lowest BCUT2D eigenvalue weighted by molar-refractivity contribution is -0.142. The van der Waals surface area contributed by atoms with Gasteiger partial charge in [0.15, 0.2) is 0 Å².